The number of non-ortho nitro benzene ring substituents is 1. The highest BCUT2D eigenvalue weighted by molar-refractivity contribution is 5.86. The number of nitro groups is 1. The van der Waals surface area contributed by atoms with Crippen molar-refractivity contribution in [1.82, 2.24) is 5.32 Å². The molecule has 0 radical (unpaired) electrons. The summed E-state index contributed by atoms with van der Waals surface area (Å²) in [6, 6.07) is 5.99. The van der Waals surface area contributed by atoms with Crippen LogP contribution in [0.15, 0.2) is 36.9 Å². The van der Waals surface area contributed by atoms with Crippen LogP contribution in [0.2, 0.25) is 0 Å². The second kappa shape index (κ2) is 4.90. The van der Waals surface area contributed by atoms with Gasteiger partial charge in [0.05, 0.1) is 4.92 Å². The van der Waals surface area contributed by atoms with E-state index in [9.17, 15) is 14.9 Å². The van der Waals surface area contributed by atoms with Crippen LogP contribution in [-0.4, -0.2) is 10.8 Å². The summed E-state index contributed by atoms with van der Waals surface area (Å²) < 4.78 is 0. The van der Waals surface area contributed by atoms with E-state index >= 15 is 0 Å². The molecule has 78 valence electrons. The molecule has 0 aliphatic heterocycles. The van der Waals surface area contributed by atoms with Crippen molar-refractivity contribution in [3.63, 3.8) is 0 Å². The van der Waals surface area contributed by atoms with Crippen LogP contribution in [0.5, 0.6) is 0 Å². The van der Waals surface area contributed by atoms with Gasteiger partial charge in [-0.05, 0) is 11.6 Å². The third-order valence-electron chi connectivity index (χ3n) is 1.80. The Morgan fingerprint density at radius 2 is 2.07 bits per heavy atom. The highest BCUT2D eigenvalue weighted by atomic mass is 16.6. The Morgan fingerprint density at radius 3 is 2.53 bits per heavy atom. The second-order valence-electron chi connectivity index (χ2n) is 2.85. The highest BCUT2D eigenvalue weighted by Gasteiger charge is 2.03. The molecule has 1 rings (SSSR count). The Bertz CT molecular complexity index is 384. The van der Waals surface area contributed by atoms with E-state index in [-0.39, 0.29) is 11.6 Å². The Morgan fingerprint density at radius 1 is 1.47 bits per heavy atom. The van der Waals surface area contributed by atoms with Crippen LogP contribution < -0.4 is 5.32 Å². The lowest BCUT2D eigenvalue weighted by Crippen LogP contribution is -2.19. The van der Waals surface area contributed by atoms with Gasteiger partial charge in [0.25, 0.3) is 5.69 Å². The van der Waals surface area contributed by atoms with Crippen LogP contribution in [-0.2, 0) is 11.3 Å². The Balaban J connectivity index is 2.60. The molecule has 1 N–H and O–H groups in total. The summed E-state index contributed by atoms with van der Waals surface area (Å²) in [4.78, 5) is 20.7. The van der Waals surface area contributed by atoms with Gasteiger partial charge in [-0.3, -0.25) is 14.9 Å². The number of nitrogens with one attached hydrogen (secondary N) is 1. The van der Waals surface area contributed by atoms with Crippen molar-refractivity contribution in [3.05, 3.63) is 52.6 Å². The first-order chi connectivity index (χ1) is 7.13. The third-order valence-corrected chi connectivity index (χ3v) is 1.80. The van der Waals surface area contributed by atoms with Gasteiger partial charge in [-0.2, -0.15) is 0 Å². The summed E-state index contributed by atoms with van der Waals surface area (Å²) in [6.45, 7) is 3.65. The molecule has 0 aliphatic rings. The molecule has 1 aromatic rings. The van der Waals surface area contributed by atoms with E-state index in [1.54, 1.807) is 12.1 Å². The fourth-order valence-electron chi connectivity index (χ4n) is 0.997. The van der Waals surface area contributed by atoms with Gasteiger partial charge >= 0.3 is 0 Å². The molecule has 0 heterocycles. The fraction of sp³-hybridized carbons (Fsp3) is 0.100. The molecule has 15 heavy (non-hydrogen) atoms. The van der Waals surface area contributed by atoms with Crippen LogP contribution in [0, 0.1) is 10.1 Å². The third kappa shape index (κ3) is 3.22. The number of hydrogen-bond acceptors (Lipinski definition) is 3. The number of hydrogen-bond donors (Lipinski definition) is 1. The number of benzene rings is 1. The van der Waals surface area contributed by atoms with Gasteiger partial charge in [-0.25, -0.2) is 0 Å². The maximum atomic E-state index is 10.8. The fourth-order valence-corrected chi connectivity index (χ4v) is 0.997. The van der Waals surface area contributed by atoms with Crippen molar-refractivity contribution in [2.75, 3.05) is 0 Å². The number of carbonyl (C=O) groups excluding carboxylic acids is 1. The van der Waals surface area contributed by atoms with Crippen molar-refractivity contribution in [2.24, 2.45) is 0 Å². The van der Waals surface area contributed by atoms with E-state index in [0.717, 1.165) is 5.56 Å². The lowest BCUT2D eigenvalue weighted by Gasteiger charge is -2.01. The zero-order valence-electron chi connectivity index (χ0n) is 7.97. The van der Waals surface area contributed by atoms with E-state index in [4.69, 9.17) is 0 Å². The predicted octanol–water partition coefficient (Wildman–Crippen LogP) is 1.40. The van der Waals surface area contributed by atoms with Gasteiger partial charge in [-0.15, -0.1) is 0 Å². The molecular weight excluding hydrogens is 196 g/mol. The average molecular weight is 206 g/mol. The molecule has 1 aromatic carbocycles. The molecule has 0 aromatic heterocycles. The number of rotatable bonds is 4. The Hall–Kier alpha value is -2.17. The summed E-state index contributed by atoms with van der Waals surface area (Å²) in [6.07, 6.45) is 1.17. The van der Waals surface area contributed by atoms with Crippen molar-refractivity contribution >= 4 is 11.6 Å². The molecule has 0 saturated heterocycles. The van der Waals surface area contributed by atoms with Gasteiger partial charge in [0.2, 0.25) is 5.91 Å². The zero-order chi connectivity index (χ0) is 11.3. The van der Waals surface area contributed by atoms with Gasteiger partial charge in [0.15, 0.2) is 0 Å². The van der Waals surface area contributed by atoms with Crippen molar-refractivity contribution < 1.29 is 9.72 Å². The standard InChI is InChI=1S/C10H10N2O3/c1-2-10(13)11-7-8-3-5-9(6-4-8)12(14)15/h2-6H,1,7H2,(H,11,13). The van der Waals surface area contributed by atoms with Crippen LogP contribution in [0.4, 0.5) is 5.69 Å². The van der Waals surface area contributed by atoms with E-state index in [0.29, 0.717) is 6.54 Å². The number of amides is 1. The largest absolute Gasteiger partial charge is 0.348 e. The molecule has 0 aliphatic carbocycles. The maximum Gasteiger partial charge on any atom is 0.269 e. The van der Waals surface area contributed by atoms with Crippen molar-refractivity contribution in [3.8, 4) is 0 Å². The molecule has 0 fully saturated rings. The molecule has 1 amide bonds. The quantitative estimate of drug-likeness (QED) is 0.459. The minimum Gasteiger partial charge on any atom is -0.348 e. The number of carbonyl (C=O) groups is 1. The molecule has 0 bridgehead atoms. The first-order valence-electron chi connectivity index (χ1n) is 4.27. The second-order valence-corrected chi connectivity index (χ2v) is 2.85. The van der Waals surface area contributed by atoms with E-state index in [1.165, 1.54) is 18.2 Å². The lowest BCUT2D eigenvalue weighted by atomic mass is 10.2. The smallest absolute Gasteiger partial charge is 0.269 e. The number of nitrogens with zero attached hydrogens (tertiary/aromatic N) is 1. The van der Waals surface area contributed by atoms with Gasteiger partial charge in [-0.1, -0.05) is 18.7 Å². The summed E-state index contributed by atoms with van der Waals surface area (Å²) in [5, 5.41) is 12.9. The van der Waals surface area contributed by atoms with Crippen molar-refractivity contribution in [2.45, 2.75) is 6.54 Å². The molecular formula is C10H10N2O3. The Kier molecular flexibility index (Phi) is 3.56. The zero-order valence-corrected chi connectivity index (χ0v) is 7.97. The minimum atomic E-state index is -0.466. The first kappa shape index (κ1) is 10.9. The summed E-state index contributed by atoms with van der Waals surface area (Å²) in [7, 11) is 0. The van der Waals surface area contributed by atoms with Crippen LogP contribution >= 0.6 is 0 Å². The lowest BCUT2D eigenvalue weighted by molar-refractivity contribution is -0.384. The molecule has 0 spiro atoms. The van der Waals surface area contributed by atoms with Gasteiger partial charge in [0, 0.05) is 18.7 Å². The maximum absolute atomic E-state index is 10.8. The first-order valence-corrected chi connectivity index (χ1v) is 4.27. The predicted molar refractivity (Wildman–Crippen MR) is 55.1 cm³/mol. The van der Waals surface area contributed by atoms with E-state index < -0.39 is 4.92 Å². The minimum absolute atomic E-state index is 0.0359. The van der Waals surface area contributed by atoms with Crippen LogP contribution in [0.1, 0.15) is 5.56 Å². The highest BCUT2D eigenvalue weighted by Crippen LogP contribution is 2.11. The van der Waals surface area contributed by atoms with E-state index in [2.05, 4.69) is 11.9 Å². The number of nitro benzene ring substituents is 1. The van der Waals surface area contributed by atoms with Gasteiger partial charge in [0.1, 0.15) is 0 Å². The summed E-state index contributed by atoms with van der Waals surface area (Å²) >= 11 is 0. The SMILES string of the molecule is C=CC(=O)NCc1ccc([N+](=O)[O-])cc1. The molecule has 0 unspecified atom stereocenters. The normalized spacial score (nSPS) is 9.33. The monoisotopic (exact) mass is 206 g/mol. The van der Waals surface area contributed by atoms with Crippen molar-refractivity contribution in [1.29, 1.82) is 0 Å². The summed E-state index contributed by atoms with van der Waals surface area (Å²) in [5.74, 6) is -0.270. The molecule has 5 heteroatoms. The van der Waals surface area contributed by atoms with E-state index in [1.807, 2.05) is 0 Å². The van der Waals surface area contributed by atoms with Crippen LogP contribution in [0.25, 0.3) is 0 Å². The van der Waals surface area contributed by atoms with Crippen LogP contribution in [0.3, 0.4) is 0 Å². The topological polar surface area (TPSA) is 72.2 Å². The van der Waals surface area contributed by atoms with Gasteiger partial charge < -0.3 is 5.32 Å². The molecule has 5 nitrogen and oxygen atoms in total. The average Bonchev–Trinajstić information content (AvgIpc) is 2.26. The molecule has 0 saturated carbocycles. The molecule has 0 atom stereocenters. The summed E-state index contributed by atoms with van der Waals surface area (Å²) in [5.41, 5.74) is 0.838. The Labute approximate surface area is 86.6 Å².